The zero-order valence-electron chi connectivity index (χ0n) is 14.9. The standard InChI is InChI=1S/C20H27F2NO3/c21-19(22)10-9-16(12-19)20(26,18(24)25)17-6-2-1-5-15(17)8-7-14-4-3-11-23-13-14/h1-2,5-6,14,16,23,26H,3-4,7-13H2,(H,24,25)/t14-,16+,20+/m0/s1. The largest absolute Gasteiger partial charge is 0.479 e. The number of hydrogen-bond donors (Lipinski definition) is 3. The number of halogens is 2. The fourth-order valence-corrected chi connectivity index (χ4v) is 4.46. The number of rotatable bonds is 6. The molecule has 3 rings (SSSR count). The topological polar surface area (TPSA) is 69.6 Å². The van der Waals surface area contributed by atoms with Gasteiger partial charge in [0.2, 0.25) is 5.92 Å². The van der Waals surface area contributed by atoms with Crippen LogP contribution in [0, 0.1) is 11.8 Å². The molecule has 0 radical (unpaired) electrons. The minimum Gasteiger partial charge on any atom is -0.479 e. The number of benzene rings is 1. The van der Waals surface area contributed by atoms with Gasteiger partial charge in [0.1, 0.15) is 0 Å². The molecule has 1 aromatic carbocycles. The van der Waals surface area contributed by atoms with E-state index < -0.39 is 29.8 Å². The lowest BCUT2D eigenvalue weighted by atomic mass is 9.77. The predicted molar refractivity (Wildman–Crippen MR) is 94.2 cm³/mol. The molecule has 1 aliphatic carbocycles. The number of carboxylic acid groups (broad SMARTS) is 1. The summed E-state index contributed by atoms with van der Waals surface area (Å²) in [4.78, 5) is 12.0. The molecule has 3 atom stereocenters. The van der Waals surface area contributed by atoms with Crippen molar-refractivity contribution in [1.29, 1.82) is 0 Å². The van der Waals surface area contributed by atoms with Crippen LogP contribution in [0.3, 0.4) is 0 Å². The van der Waals surface area contributed by atoms with Crippen molar-refractivity contribution in [1.82, 2.24) is 5.32 Å². The summed E-state index contributed by atoms with van der Waals surface area (Å²) >= 11 is 0. The van der Waals surface area contributed by atoms with Crippen molar-refractivity contribution in [3.8, 4) is 0 Å². The molecule has 4 nitrogen and oxygen atoms in total. The average Bonchev–Trinajstić information content (AvgIpc) is 3.00. The molecule has 0 unspecified atom stereocenters. The third-order valence-electron chi connectivity index (χ3n) is 5.97. The lowest BCUT2D eigenvalue weighted by Crippen LogP contribution is -2.43. The van der Waals surface area contributed by atoms with Gasteiger partial charge in [-0.15, -0.1) is 0 Å². The molecule has 2 aliphatic rings. The van der Waals surface area contributed by atoms with Crippen LogP contribution in [0.1, 0.15) is 49.7 Å². The SMILES string of the molecule is O=C(O)[C@](O)(c1ccccc1CC[C@@H]1CCCNC1)[C@@H]1CCC(F)(F)C1. The number of aryl methyl sites for hydroxylation is 1. The van der Waals surface area contributed by atoms with Gasteiger partial charge in [0.15, 0.2) is 5.60 Å². The van der Waals surface area contributed by atoms with Crippen LogP contribution in [0.25, 0.3) is 0 Å². The van der Waals surface area contributed by atoms with Gasteiger partial charge in [-0.1, -0.05) is 24.3 Å². The summed E-state index contributed by atoms with van der Waals surface area (Å²) in [6.45, 7) is 1.97. The van der Waals surface area contributed by atoms with Gasteiger partial charge < -0.3 is 15.5 Å². The maximum absolute atomic E-state index is 13.7. The Labute approximate surface area is 152 Å². The molecule has 6 heteroatoms. The van der Waals surface area contributed by atoms with Gasteiger partial charge in [-0.3, -0.25) is 0 Å². The molecule has 3 N–H and O–H groups in total. The van der Waals surface area contributed by atoms with E-state index in [4.69, 9.17) is 0 Å². The van der Waals surface area contributed by atoms with E-state index in [2.05, 4.69) is 5.32 Å². The van der Waals surface area contributed by atoms with Crippen molar-refractivity contribution >= 4 is 5.97 Å². The number of carbonyl (C=O) groups is 1. The van der Waals surface area contributed by atoms with Gasteiger partial charge in [-0.2, -0.15) is 0 Å². The third kappa shape index (κ3) is 3.91. The summed E-state index contributed by atoms with van der Waals surface area (Å²) in [6.07, 6.45) is 2.84. The molecular weight excluding hydrogens is 340 g/mol. The number of hydrogen-bond acceptors (Lipinski definition) is 3. The van der Waals surface area contributed by atoms with Crippen LogP contribution in [0.15, 0.2) is 24.3 Å². The minimum absolute atomic E-state index is 0.0106. The summed E-state index contributed by atoms with van der Waals surface area (Å²) in [6, 6.07) is 6.87. The average molecular weight is 367 g/mol. The molecule has 2 fully saturated rings. The van der Waals surface area contributed by atoms with E-state index in [-0.39, 0.29) is 18.4 Å². The zero-order valence-corrected chi connectivity index (χ0v) is 14.9. The number of nitrogens with one attached hydrogen (secondary N) is 1. The van der Waals surface area contributed by atoms with Crippen molar-refractivity contribution in [3.05, 3.63) is 35.4 Å². The molecule has 1 heterocycles. The minimum atomic E-state index is -2.91. The van der Waals surface area contributed by atoms with Crippen molar-refractivity contribution in [2.24, 2.45) is 11.8 Å². The van der Waals surface area contributed by atoms with E-state index in [1.807, 2.05) is 12.1 Å². The van der Waals surface area contributed by atoms with E-state index >= 15 is 0 Å². The highest BCUT2D eigenvalue weighted by Crippen LogP contribution is 2.48. The van der Waals surface area contributed by atoms with Crippen LogP contribution in [-0.4, -0.2) is 35.2 Å². The lowest BCUT2D eigenvalue weighted by molar-refractivity contribution is -0.167. The van der Waals surface area contributed by atoms with Gasteiger partial charge in [-0.25, -0.2) is 13.6 Å². The normalized spacial score (nSPS) is 27.8. The maximum Gasteiger partial charge on any atom is 0.340 e. The Bertz CT molecular complexity index is 646. The Kier molecular flexibility index (Phi) is 5.63. The van der Waals surface area contributed by atoms with Crippen molar-refractivity contribution < 1.29 is 23.8 Å². The Morgan fingerprint density at radius 2 is 2.08 bits per heavy atom. The number of carboxylic acids is 1. The van der Waals surface area contributed by atoms with E-state index in [9.17, 15) is 23.8 Å². The van der Waals surface area contributed by atoms with Crippen molar-refractivity contribution in [2.45, 2.75) is 56.5 Å². The molecule has 26 heavy (non-hydrogen) atoms. The summed E-state index contributed by atoms with van der Waals surface area (Å²) in [5.74, 6) is -4.80. The van der Waals surface area contributed by atoms with Gasteiger partial charge in [0.25, 0.3) is 0 Å². The van der Waals surface area contributed by atoms with E-state index in [1.54, 1.807) is 12.1 Å². The van der Waals surface area contributed by atoms with Crippen LogP contribution in [0.4, 0.5) is 8.78 Å². The molecule has 1 aromatic rings. The Morgan fingerprint density at radius 1 is 1.31 bits per heavy atom. The van der Waals surface area contributed by atoms with E-state index in [1.165, 1.54) is 0 Å². The maximum atomic E-state index is 13.7. The molecule has 0 aromatic heterocycles. The van der Waals surface area contributed by atoms with Crippen molar-refractivity contribution in [3.63, 3.8) is 0 Å². The first-order chi connectivity index (χ1) is 12.3. The number of aliphatic hydroxyl groups is 1. The Balaban J connectivity index is 1.84. The second-order valence-corrected chi connectivity index (χ2v) is 7.78. The highest BCUT2D eigenvalue weighted by atomic mass is 19.3. The first-order valence-electron chi connectivity index (χ1n) is 9.45. The fraction of sp³-hybridized carbons (Fsp3) is 0.650. The molecule has 0 spiro atoms. The van der Waals surface area contributed by atoms with Crippen LogP contribution >= 0.6 is 0 Å². The van der Waals surface area contributed by atoms with Crippen LogP contribution in [-0.2, 0) is 16.8 Å². The quantitative estimate of drug-likeness (QED) is 0.721. The van der Waals surface area contributed by atoms with E-state index in [0.29, 0.717) is 12.3 Å². The molecule has 1 aliphatic heterocycles. The first-order valence-corrected chi connectivity index (χ1v) is 9.45. The number of aliphatic carboxylic acids is 1. The molecular formula is C20H27F2NO3. The zero-order chi connectivity index (χ0) is 18.8. The van der Waals surface area contributed by atoms with Gasteiger partial charge >= 0.3 is 5.97 Å². The molecule has 1 saturated heterocycles. The first kappa shape index (κ1) is 19.2. The summed E-state index contributed by atoms with van der Waals surface area (Å²) in [5.41, 5.74) is -1.24. The second kappa shape index (κ2) is 7.61. The Hall–Kier alpha value is -1.53. The highest BCUT2D eigenvalue weighted by Gasteiger charge is 2.54. The molecule has 0 bridgehead atoms. The summed E-state index contributed by atoms with van der Waals surface area (Å²) in [7, 11) is 0. The number of alkyl halides is 2. The predicted octanol–water partition coefficient (Wildman–Crippen LogP) is 3.33. The van der Waals surface area contributed by atoms with Gasteiger partial charge in [0, 0.05) is 18.8 Å². The van der Waals surface area contributed by atoms with Crippen LogP contribution in [0.5, 0.6) is 0 Å². The summed E-state index contributed by atoms with van der Waals surface area (Å²) < 4.78 is 27.4. The monoisotopic (exact) mass is 367 g/mol. The van der Waals surface area contributed by atoms with Gasteiger partial charge in [-0.05, 0) is 62.2 Å². The highest BCUT2D eigenvalue weighted by molar-refractivity contribution is 5.80. The summed E-state index contributed by atoms with van der Waals surface area (Å²) in [5, 5.41) is 24.2. The fourth-order valence-electron chi connectivity index (χ4n) is 4.46. The second-order valence-electron chi connectivity index (χ2n) is 7.78. The molecule has 0 amide bonds. The lowest BCUT2D eigenvalue weighted by Gasteiger charge is -2.32. The molecule has 1 saturated carbocycles. The number of piperidine rings is 1. The molecule has 144 valence electrons. The van der Waals surface area contributed by atoms with E-state index in [0.717, 1.165) is 37.9 Å². The van der Waals surface area contributed by atoms with Gasteiger partial charge in [0.05, 0.1) is 0 Å². The van der Waals surface area contributed by atoms with Crippen LogP contribution < -0.4 is 5.32 Å². The van der Waals surface area contributed by atoms with Crippen LogP contribution in [0.2, 0.25) is 0 Å². The third-order valence-corrected chi connectivity index (χ3v) is 5.97. The smallest absolute Gasteiger partial charge is 0.340 e. The van der Waals surface area contributed by atoms with Crippen molar-refractivity contribution in [2.75, 3.05) is 13.1 Å². The Morgan fingerprint density at radius 3 is 2.69 bits per heavy atom.